The number of nitrogens with zero attached hydrogens (tertiary/aromatic N) is 1. The second-order valence-corrected chi connectivity index (χ2v) is 21.8. The number of aromatic nitrogens is 2. The monoisotopic (exact) mass is 1080 g/mol. The topological polar surface area (TPSA) is 20.7 Å². The normalized spacial score (nSPS) is 11.7. The van der Waals surface area contributed by atoms with Crippen LogP contribution >= 0.6 is 15.9 Å². The number of aromatic amines is 1. The third-order valence-electron chi connectivity index (χ3n) is 16.6. The Labute approximate surface area is 473 Å². The Morgan fingerprint density at radius 2 is 0.700 bits per heavy atom. The summed E-state index contributed by atoms with van der Waals surface area (Å²) in [4.78, 5) is 3.47. The zero-order valence-electron chi connectivity index (χ0n) is 43.5. The van der Waals surface area contributed by atoms with E-state index in [0.717, 1.165) is 4.47 Å². The van der Waals surface area contributed by atoms with Crippen molar-refractivity contribution in [3.8, 4) is 72.4 Å². The number of halogens is 1. The number of benzene rings is 14. The van der Waals surface area contributed by atoms with Crippen LogP contribution in [-0.4, -0.2) is 18.0 Å². The van der Waals surface area contributed by atoms with E-state index in [1.807, 2.05) is 0 Å². The second kappa shape index (κ2) is 19.0. The molecule has 0 aliphatic heterocycles. The standard InChI is InChI=1S/C38H23N.C22H13Br.C16H11N.B/c1-2-10-25-23-37-35(22-24(25)9-1)31-15-5-6-18-36(31)39(37)27-12-7-11-26(21-27)28-19-20-34-30-14-4-3-13-29(30)33-17-8-16-32(28)38(33)34;23-15-6-3-5-14(13-15)16-11-12-21-18-8-2-1-7-17(18)20-10-4-9-19(16)22(20)21;1-2-6-12-10-16-14(9-11(12)5-1)13-7-3-4-8-15(13)17-16;/h1-23H;1-13H;1-10,17H;. The van der Waals surface area contributed by atoms with Gasteiger partial charge in [-0.15, -0.1) is 0 Å². The van der Waals surface area contributed by atoms with E-state index < -0.39 is 0 Å². The van der Waals surface area contributed by atoms with Gasteiger partial charge < -0.3 is 9.55 Å². The Kier molecular flexibility index (Phi) is 11.3. The third kappa shape index (κ3) is 7.55. The maximum absolute atomic E-state index is 3.59. The molecule has 2 nitrogen and oxygen atoms in total. The predicted molar refractivity (Wildman–Crippen MR) is 346 cm³/mol. The fourth-order valence-electron chi connectivity index (χ4n) is 13.1. The van der Waals surface area contributed by atoms with Gasteiger partial charge in [0.15, 0.2) is 0 Å². The minimum atomic E-state index is 0. The van der Waals surface area contributed by atoms with Crippen LogP contribution in [0.1, 0.15) is 0 Å². The van der Waals surface area contributed by atoms with Crippen molar-refractivity contribution in [2.45, 2.75) is 0 Å². The Balaban J connectivity index is 0.000000114. The summed E-state index contributed by atoms with van der Waals surface area (Å²) in [5, 5.41) is 15.7. The van der Waals surface area contributed by atoms with Crippen molar-refractivity contribution in [3.05, 3.63) is 284 Å². The summed E-state index contributed by atoms with van der Waals surface area (Å²) >= 11 is 3.59. The smallest absolute Gasteiger partial charge is 0.0547 e. The Morgan fingerprint density at radius 3 is 1.31 bits per heavy atom. The molecule has 3 radical (unpaired) electrons. The predicted octanol–water partition coefficient (Wildman–Crippen LogP) is 21.4. The zero-order chi connectivity index (χ0) is 52.1. The molecular formula is C76H47BBrN2. The molecule has 0 bridgehead atoms. The van der Waals surface area contributed by atoms with Gasteiger partial charge in [0.1, 0.15) is 0 Å². The second-order valence-electron chi connectivity index (χ2n) is 20.9. The molecule has 0 amide bonds. The van der Waals surface area contributed by atoms with Crippen LogP contribution in [0.2, 0.25) is 0 Å². The van der Waals surface area contributed by atoms with Gasteiger partial charge in [-0.3, -0.25) is 0 Å². The van der Waals surface area contributed by atoms with E-state index in [9.17, 15) is 0 Å². The molecule has 2 aliphatic carbocycles. The van der Waals surface area contributed by atoms with Crippen molar-refractivity contribution < 1.29 is 0 Å². The van der Waals surface area contributed by atoms with Crippen molar-refractivity contribution >= 4 is 111 Å². The van der Waals surface area contributed by atoms with E-state index in [1.54, 1.807) is 0 Å². The van der Waals surface area contributed by atoms with Crippen LogP contribution in [0.25, 0.3) is 159 Å². The first kappa shape index (κ1) is 47.5. The maximum atomic E-state index is 3.59. The molecule has 18 rings (SSSR count). The number of hydrogen-bond donors (Lipinski definition) is 1. The first-order valence-electron chi connectivity index (χ1n) is 27.1. The van der Waals surface area contributed by atoms with Crippen LogP contribution in [0.15, 0.2) is 284 Å². The average molecular weight is 1080 g/mol. The molecule has 2 aromatic heterocycles. The van der Waals surface area contributed by atoms with Gasteiger partial charge in [0.05, 0.1) is 11.0 Å². The number of H-pyrrole nitrogens is 1. The van der Waals surface area contributed by atoms with Crippen LogP contribution in [0, 0.1) is 0 Å². The molecule has 14 aromatic carbocycles. The molecule has 4 heteroatoms. The van der Waals surface area contributed by atoms with Gasteiger partial charge in [-0.25, -0.2) is 0 Å². The molecule has 0 fully saturated rings. The molecule has 371 valence electrons. The summed E-state index contributed by atoms with van der Waals surface area (Å²) in [6, 6.07) is 101. The molecule has 16 aromatic rings. The van der Waals surface area contributed by atoms with Gasteiger partial charge in [-0.1, -0.05) is 234 Å². The lowest BCUT2D eigenvalue weighted by molar-refractivity contribution is 1.18. The molecule has 2 heterocycles. The lowest BCUT2D eigenvalue weighted by atomic mass is 9.94. The summed E-state index contributed by atoms with van der Waals surface area (Å²) in [6.07, 6.45) is 0. The van der Waals surface area contributed by atoms with E-state index in [4.69, 9.17) is 0 Å². The highest BCUT2D eigenvalue weighted by molar-refractivity contribution is 9.10. The Bertz CT molecular complexity index is 5110. The number of hydrogen-bond acceptors (Lipinski definition) is 0. The molecule has 80 heavy (non-hydrogen) atoms. The average Bonchev–Trinajstić information content (AvgIpc) is 4.38. The van der Waals surface area contributed by atoms with Gasteiger partial charge in [0, 0.05) is 51.2 Å². The van der Waals surface area contributed by atoms with Crippen LogP contribution in [0.3, 0.4) is 0 Å². The molecule has 2 aliphatic rings. The molecular weight excluding hydrogens is 1030 g/mol. The summed E-state index contributed by atoms with van der Waals surface area (Å²) in [6.45, 7) is 0. The Morgan fingerprint density at radius 1 is 0.263 bits per heavy atom. The van der Waals surface area contributed by atoms with E-state index in [0.29, 0.717) is 0 Å². The number of para-hydroxylation sites is 2. The molecule has 0 atom stereocenters. The lowest BCUT2D eigenvalue weighted by Gasteiger charge is -2.13. The summed E-state index contributed by atoms with van der Waals surface area (Å²) in [5.41, 5.74) is 21.9. The number of nitrogens with one attached hydrogen (secondary N) is 1. The minimum absolute atomic E-state index is 0. The van der Waals surface area contributed by atoms with E-state index >= 15 is 0 Å². The van der Waals surface area contributed by atoms with Crippen LogP contribution < -0.4 is 0 Å². The summed E-state index contributed by atoms with van der Waals surface area (Å²) in [7, 11) is 0. The highest BCUT2D eigenvalue weighted by Gasteiger charge is 2.24. The zero-order valence-corrected chi connectivity index (χ0v) is 45.0. The first-order valence-corrected chi connectivity index (χ1v) is 27.9. The highest BCUT2D eigenvalue weighted by atomic mass is 79.9. The maximum Gasteiger partial charge on any atom is 0.0547 e. The van der Waals surface area contributed by atoms with Crippen molar-refractivity contribution in [2.75, 3.05) is 0 Å². The largest absolute Gasteiger partial charge is 0.354 e. The minimum Gasteiger partial charge on any atom is -0.354 e. The highest BCUT2D eigenvalue weighted by Crippen LogP contribution is 2.51. The van der Waals surface area contributed by atoms with E-state index in [-0.39, 0.29) is 8.41 Å². The van der Waals surface area contributed by atoms with Crippen LogP contribution in [0.4, 0.5) is 0 Å². The SMILES string of the molecule is Brc1cccc(-c2ccc3c4c(cccc24)-c2ccccc2-3)c1.[B].c1cc(-c2ccc3c4c(cccc24)-c2ccccc2-3)cc(-n2c3ccccc3c3cc4ccccc4cc32)c1.c1ccc2cc3c(cc2c1)[nH]c1ccccc13. The van der Waals surface area contributed by atoms with Gasteiger partial charge in [-0.05, 0) is 171 Å². The van der Waals surface area contributed by atoms with Gasteiger partial charge in [0.25, 0.3) is 0 Å². The van der Waals surface area contributed by atoms with Crippen molar-refractivity contribution in [1.82, 2.24) is 9.55 Å². The van der Waals surface area contributed by atoms with Crippen molar-refractivity contribution in [1.29, 1.82) is 0 Å². The van der Waals surface area contributed by atoms with E-state index in [1.165, 1.54) is 159 Å². The number of fused-ring (bicyclic) bond motifs is 14. The first-order chi connectivity index (χ1) is 39.1. The summed E-state index contributed by atoms with van der Waals surface area (Å²) < 4.78 is 3.54. The van der Waals surface area contributed by atoms with E-state index in [2.05, 4.69) is 305 Å². The third-order valence-corrected chi connectivity index (χ3v) is 17.1. The fourth-order valence-corrected chi connectivity index (χ4v) is 13.5. The molecule has 0 unspecified atom stereocenters. The fraction of sp³-hybridized carbons (Fsp3) is 0. The molecule has 0 saturated carbocycles. The number of rotatable bonds is 3. The van der Waals surface area contributed by atoms with Crippen LogP contribution in [-0.2, 0) is 0 Å². The van der Waals surface area contributed by atoms with Crippen LogP contribution in [0.5, 0.6) is 0 Å². The Hall–Kier alpha value is -9.74. The van der Waals surface area contributed by atoms with Gasteiger partial charge in [0.2, 0.25) is 0 Å². The lowest BCUT2D eigenvalue weighted by Crippen LogP contribution is -1.94. The quantitative estimate of drug-likeness (QED) is 0.170. The molecule has 1 N–H and O–H groups in total. The van der Waals surface area contributed by atoms with Crippen molar-refractivity contribution in [2.24, 2.45) is 0 Å². The van der Waals surface area contributed by atoms with Gasteiger partial charge in [-0.2, -0.15) is 0 Å². The molecule has 0 saturated heterocycles. The van der Waals surface area contributed by atoms with Gasteiger partial charge >= 0.3 is 0 Å². The molecule has 0 spiro atoms. The van der Waals surface area contributed by atoms with Crippen molar-refractivity contribution in [3.63, 3.8) is 0 Å². The summed E-state index contributed by atoms with van der Waals surface area (Å²) in [5.74, 6) is 0.